The zero-order valence-corrected chi connectivity index (χ0v) is 12.6. The number of nitrogens with one attached hydrogen (secondary N) is 1. The molecule has 1 aliphatic carbocycles. The number of halogens is 1. The number of benzene rings is 2. The van der Waals surface area contributed by atoms with Gasteiger partial charge in [0, 0.05) is 10.7 Å². The molecule has 0 radical (unpaired) electrons. The van der Waals surface area contributed by atoms with Gasteiger partial charge in [-0.2, -0.15) is 0 Å². The summed E-state index contributed by atoms with van der Waals surface area (Å²) in [6.45, 7) is 0. The second-order valence-corrected chi connectivity index (χ2v) is 5.94. The van der Waals surface area contributed by atoms with E-state index < -0.39 is 0 Å². The summed E-state index contributed by atoms with van der Waals surface area (Å²) in [5.41, 5.74) is 4.65. The average molecular weight is 300 g/mol. The van der Waals surface area contributed by atoms with Gasteiger partial charge in [-0.25, -0.2) is 0 Å². The molecule has 21 heavy (non-hydrogen) atoms. The van der Waals surface area contributed by atoms with E-state index in [9.17, 15) is 4.79 Å². The fraction of sp³-hybridized carbons (Fsp3) is 0.278. The van der Waals surface area contributed by atoms with Crippen LogP contribution in [0.15, 0.2) is 42.5 Å². The van der Waals surface area contributed by atoms with E-state index in [0.717, 1.165) is 24.1 Å². The standard InChI is InChI=1S/C18H18ClNO/c19-15-10-8-13(9-11-15)12-18(21)20-17-7-3-5-14-4-1-2-6-16(14)17/h3,5,7-11H,1-2,4,6,12H2,(H,20,21). The number of carbonyl (C=O) groups is 1. The predicted octanol–water partition coefficient (Wildman–Crippen LogP) is 4.40. The van der Waals surface area contributed by atoms with Crippen molar-refractivity contribution in [2.45, 2.75) is 32.1 Å². The van der Waals surface area contributed by atoms with Gasteiger partial charge in [-0.15, -0.1) is 0 Å². The van der Waals surface area contributed by atoms with Gasteiger partial charge < -0.3 is 5.32 Å². The first kappa shape index (κ1) is 14.2. The van der Waals surface area contributed by atoms with E-state index in [1.807, 2.05) is 36.4 Å². The molecule has 3 heteroatoms. The fourth-order valence-electron chi connectivity index (χ4n) is 2.88. The third-order valence-electron chi connectivity index (χ3n) is 3.95. The predicted molar refractivity (Wildman–Crippen MR) is 86.9 cm³/mol. The maximum atomic E-state index is 12.2. The van der Waals surface area contributed by atoms with Gasteiger partial charge in [0.2, 0.25) is 5.91 Å². The Morgan fingerprint density at radius 1 is 1.05 bits per heavy atom. The van der Waals surface area contributed by atoms with Gasteiger partial charge in [-0.05, 0) is 60.6 Å². The first-order valence-corrected chi connectivity index (χ1v) is 7.75. The molecule has 108 valence electrons. The van der Waals surface area contributed by atoms with Crippen LogP contribution in [0.3, 0.4) is 0 Å². The van der Waals surface area contributed by atoms with Crippen LogP contribution in [0.2, 0.25) is 5.02 Å². The molecule has 0 saturated carbocycles. The maximum Gasteiger partial charge on any atom is 0.228 e. The Hall–Kier alpha value is -1.80. The molecule has 0 heterocycles. The van der Waals surface area contributed by atoms with E-state index in [4.69, 9.17) is 11.6 Å². The van der Waals surface area contributed by atoms with E-state index in [1.165, 1.54) is 24.0 Å². The van der Waals surface area contributed by atoms with Gasteiger partial charge >= 0.3 is 0 Å². The Balaban J connectivity index is 1.71. The Kier molecular flexibility index (Phi) is 4.26. The van der Waals surface area contributed by atoms with Crippen molar-refractivity contribution in [2.24, 2.45) is 0 Å². The van der Waals surface area contributed by atoms with Crippen molar-refractivity contribution in [1.82, 2.24) is 0 Å². The van der Waals surface area contributed by atoms with Crippen molar-refractivity contribution < 1.29 is 4.79 Å². The SMILES string of the molecule is O=C(Cc1ccc(Cl)cc1)Nc1cccc2c1CCCC2. The molecule has 1 amide bonds. The van der Waals surface area contributed by atoms with Crippen LogP contribution in [0.4, 0.5) is 5.69 Å². The minimum atomic E-state index is 0.0243. The van der Waals surface area contributed by atoms with Crippen LogP contribution in [-0.4, -0.2) is 5.91 Å². The molecule has 1 aliphatic rings. The molecular weight excluding hydrogens is 282 g/mol. The Labute approximate surface area is 130 Å². The van der Waals surface area contributed by atoms with E-state index >= 15 is 0 Å². The van der Waals surface area contributed by atoms with Crippen LogP contribution in [-0.2, 0) is 24.1 Å². The number of fused-ring (bicyclic) bond motifs is 1. The first-order valence-electron chi connectivity index (χ1n) is 7.37. The topological polar surface area (TPSA) is 29.1 Å². The number of hydrogen-bond acceptors (Lipinski definition) is 1. The molecule has 2 aromatic carbocycles. The lowest BCUT2D eigenvalue weighted by Crippen LogP contribution is -2.17. The molecule has 2 aromatic rings. The van der Waals surface area contributed by atoms with E-state index in [0.29, 0.717) is 11.4 Å². The highest BCUT2D eigenvalue weighted by molar-refractivity contribution is 6.30. The molecule has 0 unspecified atom stereocenters. The van der Waals surface area contributed by atoms with E-state index in [1.54, 1.807) is 0 Å². The number of amides is 1. The van der Waals surface area contributed by atoms with Gasteiger partial charge in [0.05, 0.1) is 6.42 Å². The third-order valence-corrected chi connectivity index (χ3v) is 4.20. The fourth-order valence-corrected chi connectivity index (χ4v) is 3.01. The number of hydrogen-bond donors (Lipinski definition) is 1. The summed E-state index contributed by atoms with van der Waals surface area (Å²) < 4.78 is 0. The highest BCUT2D eigenvalue weighted by Crippen LogP contribution is 2.27. The van der Waals surface area contributed by atoms with Crippen molar-refractivity contribution in [2.75, 3.05) is 5.32 Å². The Bertz CT molecular complexity index is 649. The van der Waals surface area contributed by atoms with Gasteiger partial charge in [-0.1, -0.05) is 35.9 Å². The van der Waals surface area contributed by atoms with Gasteiger partial charge in [0.15, 0.2) is 0 Å². The number of carbonyl (C=O) groups excluding carboxylic acids is 1. The third kappa shape index (κ3) is 3.45. The van der Waals surface area contributed by atoms with Gasteiger partial charge in [0.1, 0.15) is 0 Å². The molecule has 0 spiro atoms. The lowest BCUT2D eigenvalue weighted by atomic mass is 9.90. The molecule has 0 fully saturated rings. The molecule has 3 rings (SSSR count). The minimum Gasteiger partial charge on any atom is -0.326 e. The maximum absolute atomic E-state index is 12.2. The van der Waals surface area contributed by atoms with Gasteiger partial charge in [0.25, 0.3) is 0 Å². The Morgan fingerprint density at radius 3 is 2.62 bits per heavy atom. The highest BCUT2D eigenvalue weighted by Gasteiger charge is 2.14. The Morgan fingerprint density at radius 2 is 1.81 bits per heavy atom. The normalized spacial score (nSPS) is 13.6. The van der Waals surface area contributed by atoms with E-state index in [2.05, 4.69) is 11.4 Å². The molecule has 1 N–H and O–H groups in total. The first-order chi connectivity index (χ1) is 10.2. The summed E-state index contributed by atoms with van der Waals surface area (Å²) in [6, 6.07) is 13.6. The second kappa shape index (κ2) is 6.31. The van der Waals surface area contributed by atoms with Crippen molar-refractivity contribution >= 4 is 23.2 Å². The molecule has 0 bridgehead atoms. The van der Waals surface area contributed by atoms with Crippen LogP contribution in [0, 0.1) is 0 Å². The zero-order chi connectivity index (χ0) is 14.7. The van der Waals surface area contributed by atoms with Crippen LogP contribution >= 0.6 is 11.6 Å². The van der Waals surface area contributed by atoms with Crippen LogP contribution in [0.1, 0.15) is 29.5 Å². The highest BCUT2D eigenvalue weighted by atomic mass is 35.5. The lowest BCUT2D eigenvalue weighted by Gasteiger charge is -2.19. The average Bonchev–Trinajstić information content (AvgIpc) is 2.50. The molecule has 0 aromatic heterocycles. The van der Waals surface area contributed by atoms with Crippen LogP contribution < -0.4 is 5.32 Å². The molecule has 2 nitrogen and oxygen atoms in total. The molecule has 0 aliphatic heterocycles. The van der Waals surface area contributed by atoms with Crippen molar-refractivity contribution in [3.8, 4) is 0 Å². The lowest BCUT2D eigenvalue weighted by molar-refractivity contribution is -0.115. The second-order valence-electron chi connectivity index (χ2n) is 5.50. The zero-order valence-electron chi connectivity index (χ0n) is 11.9. The van der Waals surface area contributed by atoms with E-state index in [-0.39, 0.29) is 5.91 Å². The summed E-state index contributed by atoms with van der Waals surface area (Å²) in [4.78, 5) is 12.2. The number of anilines is 1. The smallest absolute Gasteiger partial charge is 0.228 e. The molecular formula is C18H18ClNO. The van der Waals surface area contributed by atoms with Crippen molar-refractivity contribution in [1.29, 1.82) is 0 Å². The summed E-state index contributed by atoms with van der Waals surface area (Å²) in [6.07, 6.45) is 5.01. The quantitative estimate of drug-likeness (QED) is 0.894. The number of rotatable bonds is 3. The molecule has 0 atom stereocenters. The van der Waals surface area contributed by atoms with Crippen LogP contribution in [0.25, 0.3) is 0 Å². The monoisotopic (exact) mass is 299 g/mol. The summed E-state index contributed by atoms with van der Waals surface area (Å²) in [5.74, 6) is 0.0243. The minimum absolute atomic E-state index is 0.0243. The summed E-state index contributed by atoms with van der Waals surface area (Å²) in [7, 11) is 0. The van der Waals surface area contributed by atoms with Crippen molar-refractivity contribution in [3.63, 3.8) is 0 Å². The van der Waals surface area contributed by atoms with Crippen LogP contribution in [0.5, 0.6) is 0 Å². The summed E-state index contributed by atoms with van der Waals surface area (Å²) in [5, 5.41) is 3.75. The summed E-state index contributed by atoms with van der Waals surface area (Å²) >= 11 is 5.86. The largest absolute Gasteiger partial charge is 0.326 e. The van der Waals surface area contributed by atoms with Gasteiger partial charge in [-0.3, -0.25) is 4.79 Å². The molecule has 0 saturated heterocycles. The van der Waals surface area contributed by atoms with Crippen molar-refractivity contribution in [3.05, 3.63) is 64.2 Å². The number of aryl methyl sites for hydroxylation is 1.